The minimum Gasteiger partial charge on any atom is -0.484 e. The Labute approximate surface area is 128 Å². The van der Waals surface area contributed by atoms with Gasteiger partial charge in [0.05, 0.1) is 6.20 Å². The fraction of sp³-hybridized carbons (Fsp3) is 0.0769. The molecular formula is C13H11BrN4O3. The van der Waals surface area contributed by atoms with Crippen molar-refractivity contribution >= 4 is 27.7 Å². The summed E-state index contributed by atoms with van der Waals surface area (Å²) >= 11 is 3.30. The minimum absolute atomic E-state index is 0.103. The van der Waals surface area contributed by atoms with Gasteiger partial charge in [0.1, 0.15) is 11.4 Å². The van der Waals surface area contributed by atoms with Crippen LogP contribution in [0, 0.1) is 0 Å². The van der Waals surface area contributed by atoms with Gasteiger partial charge in [-0.15, -0.1) is 0 Å². The van der Waals surface area contributed by atoms with Gasteiger partial charge in [0.15, 0.2) is 6.61 Å². The zero-order valence-electron chi connectivity index (χ0n) is 10.7. The zero-order chi connectivity index (χ0) is 15.1. The highest BCUT2D eigenvalue weighted by Gasteiger charge is 2.08. The highest BCUT2D eigenvalue weighted by Crippen LogP contribution is 2.15. The molecule has 2 N–H and O–H groups in total. The number of hydrogen-bond acceptors (Lipinski definition) is 5. The summed E-state index contributed by atoms with van der Waals surface area (Å²) in [6.45, 7) is -0.220. The summed E-state index contributed by atoms with van der Waals surface area (Å²) in [5.41, 5.74) is 4.54. The Morgan fingerprint density at radius 2 is 1.90 bits per heavy atom. The molecule has 1 aromatic carbocycles. The highest BCUT2D eigenvalue weighted by atomic mass is 79.9. The van der Waals surface area contributed by atoms with Crippen molar-refractivity contribution in [3.8, 4) is 5.75 Å². The first-order valence-corrected chi connectivity index (χ1v) is 6.68. The Morgan fingerprint density at radius 1 is 1.14 bits per heavy atom. The van der Waals surface area contributed by atoms with Gasteiger partial charge >= 0.3 is 0 Å². The molecule has 7 nitrogen and oxygen atoms in total. The molecule has 0 aliphatic rings. The maximum absolute atomic E-state index is 11.6. The van der Waals surface area contributed by atoms with Crippen molar-refractivity contribution < 1.29 is 14.3 Å². The lowest BCUT2D eigenvalue weighted by Crippen LogP contribution is -2.44. The molecule has 21 heavy (non-hydrogen) atoms. The van der Waals surface area contributed by atoms with Gasteiger partial charge in [0, 0.05) is 16.9 Å². The van der Waals surface area contributed by atoms with Crippen molar-refractivity contribution in [2.75, 3.05) is 6.61 Å². The molecular weight excluding hydrogens is 340 g/mol. The van der Waals surface area contributed by atoms with E-state index in [0.29, 0.717) is 5.75 Å². The second kappa shape index (κ2) is 7.34. The largest absolute Gasteiger partial charge is 0.484 e. The molecule has 8 heteroatoms. The van der Waals surface area contributed by atoms with Gasteiger partial charge in [-0.2, -0.15) is 0 Å². The standard InChI is InChI=1S/C13H11BrN4O3/c14-9-1-3-10(4-2-9)21-8-12(19)17-18-13(20)11-7-15-5-6-16-11/h1-7H,8H2,(H,17,19)(H,18,20). The second-order valence-corrected chi connectivity index (χ2v) is 4.75. The summed E-state index contributed by atoms with van der Waals surface area (Å²) in [5, 5.41) is 0. The van der Waals surface area contributed by atoms with E-state index in [1.165, 1.54) is 18.6 Å². The predicted octanol–water partition coefficient (Wildman–Crippen LogP) is 1.08. The predicted molar refractivity (Wildman–Crippen MR) is 77.3 cm³/mol. The van der Waals surface area contributed by atoms with E-state index in [0.717, 1.165) is 4.47 Å². The number of benzene rings is 1. The summed E-state index contributed by atoms with van der Waals surface area (Å²) in [5.74, 6) is -0.496. The van der Waals surface area contributed by atoms with Crippen LogP contribution in [0.15, 0.2) is 47.3 Å². The molecule has 0 atom stereocenters. The van der Waals surface area contributed by atoms with Crippen LogP contribution < -0.4 is 15.6 Å². The van der Waals surface area contributed by atoms with E-state index in [4.69, 9.17) is 4.74 Å². The first kappa shape index (κ1) is 14.9. The molecule has 1 aromatic heterocycles. The minimum atomic E-state index is -0.555. The number of carbonyl (C=O) groups is 2. The molecule has 0 saturated carbocycles. The molecule has 1 heterocycles. The molecule has 108 valence electrons. The maximum atomic E-state index is 11.6. The van der Waals surface area contributed by atoms with Gasteiger partial charge in [-0.1, -0.05) is 15.9 Å². The van der Waals surface area contributed by atoms with Gasteiger partial charge < -0.3 is 4.74 Å². The number of rotatable bonds is 4. The maximum Gasteiger partial charge on any atom is 0.289 e. The van der Waals surface area contributed by atoms with Crippen molar-refractivity contribution in [3.63, 3.8) is 0 Å². The first-order valence-electron chi connectivity index (χ1n) is 5.89. The van der Waals surface area contributed by atoms with E-state index in [9.17, 15) is 9.59 Å². The fourth-order valence-electron chi connectivity index (χ4n) is 1.32. The van der Waals surface area contributed by atoms with Crippen LogP contribution in [0.1, 0.15) is 10.5 Å². The van der Waals surface area contributed by atoms with E-state index in [1.807, 2.05) is 0 Å². The second-order valence-electron chi connectivity index (χ2n) is 3.84. The Kier molecular flexibility index (Phi) is 5.22. The summed E-state index contributed by atoms with van der Waals surface area (Å²) in [6, 6.07) is 7.02. The molecule has 0 saturated heterocycles. The van der Waals surface area contributed by atoms with E-state index in [2.05, 4.69) is 36.7 Å². The number of carbonyl (C=O) groups excluding carboxylic acids is 2. The van der Waals surface area contributed by atoms with Crippen LogP contribution in [0.2, 0.25) is 0 Å². The van der Waals surface area contributed by atoms with Gasteiger partial charge in [0.2, 0.25) is 0 Å². The molecule has 0 bridgehead atoms. The van der Waals surface area contributed by atoms with Crippen LogP contribution in [0.25, 0.3) is 0 Å². The lowest BCUT2D eigenvalue weighted by atomic mass is 10.3. The van der Waals surface area contributed by atoms with Crippen LogP contribution in [0.4, 0.5) is 0 Å². The van der Waals surface area contributed by atoms with E-state index in [-0.39, 0.29) is 12.3 Å². The SMILES string of the molecule is O=C(COc1ccc(Br)cc1)NNC(=O)c1cnccn1. The lowest BCUT2D eigenvalue weighted by molar-refractivity contribution is -0.123. The average molecular weight is 351 g/mol. The van der Waals surface area contributed by atoms with Gasteiger partial charge in [-0.25, -0.2) is 4.98 Å². The molecule has 0 radical (unpaired) electrons. The van der Waals surface area contributed by atoms with Crippen molar-refractivity contribution in [1.29, 1.82) is 0 Å². The van der Waals surface area contributed by atoms with Crippen LogP contribution in [0.3, 0.4) is 0 Å². The number of hydrogen-bond donors (Lipinski definition) is 2. The van der Waals surface area contributed by atoms with Crippen molar-refractivity contribution in [3.05, 3.63) is 53.0 Å². The fourth-order valence-corrected chi connectivity index (χ4v) is 1.59. The monoisotopic (exact) mass is 350 g/mol. The molecule has 0 aliphatic heterocycles. The number of nitrogens with zero attached hydrogens (tertiary/aromatic N) is 2. The number of ether oxygens (including phenoxy) is 1. The van der Waals surface area contributed by atoms with E-state index < -0.39 is 11.8 Å². The zero-order valence-corrected chi connectivity index (χ0v) is 12.3. The molecule has 2 amide bonds. The third-order valence-electron chi connectivity index (χ3n) is 2.29. The van der Waals surface area contributed by atoms with E-state index in [1.54, 1.807) is 24.3 Å². The molecule has 2 aromatic rings. The summed E-state index contributed by atoms with van der Waals surface area (Å²) in [7, 11) is 0. The normalized spacial score (nSPS) is 9.76. The average Bonchev–Trinajstić information content (AvgIpc) is 2.53. The van der Waals surface area contributed by atoms with Crippen molar-refractivity contribution in [2.45, 2.75) is 0 Å². The van der Waals surface area contributed by atoms with Crippen LogP contribution >= 0.6 is 15.9 Å². The topological polar surface area (TPSA) is 93.2 Å². The third kappa shape index (κ3) is 4.84. The number of aromatic nitrogens is 2. The molecule has 0 fully saturated rings. The number of hydrazine groups is 1. The van der Waals surface area contributed by atoms with Crippen LogP contribution in [0.5, 0.6) is 5.75 Å². The van der Waals surface area contributed by atoms with Gasteiger partial charge in [0.25, 0.3) is 11.8 Å². The molecule has 0 aliphatic carbocycles. The number of nitrogens with one attached hydrogen (secondary N) is 2. The highest BCUT2D eigenvalue weighted by molar-refractivity contribution is 9.10. The number of amides is 2. The Balaban J connectivity index is 1.75. The van der Waals surface area contributed by atoms with Crippen molar-refractivity contribution in [2.24, 2.45) is 0 Å². The quantitative estimate of drug-likeness (QED) is 0.804. The smallest absolute Gasteiger partial charge is 0.289 e. The summed E-state index contributed by atoms with van der Waals surface area (Å²) in [4.78, 5) is 30.7. The third-order valence-corrected chi connectivity index (χ3v) is 2.82. The number of halogens is 1. The van der Waals surface area contributed by atoms with E-state index >= 15 is 0 Å². The molecule has 0 unspecified atom stereocenters. The Morgan fingerprint density at radius 3 is 2.57 bits per heavy atom. The van der Waals surface area contributed by atoms with Crippen molar-refractivity contribution in [1.82, 2.24) is 20.8 Å². The van der Waals surface area contributed by atoms with Gasteiger partial charge in [-0.05, 0) is 24.3 Å². The summed E-state index contributed by atoms with van der Waals surface area (Å²) < 4.78 is 6.16. The van der Waals surface area contributed by atoms with Gasteiger partial charge in [-0.3, -0.25) is 25.4 Å². The van der Waals surface area contributed by atoms with Crippen LogP contribution in [-0.2, 0) is 4.79 Å². The molecule has 0 spiro atoms. The lowest BCUT2D eigenvalue weighted by Gasteiger charge is -2.08. The molecule has 2 rings (SSSR count). The van der Waals surface area contributed by atoms with Crippen LogP contribution in [-0.4, -0.2) is 28.4 Å². The Hall–Kier alpha value is -2.48. The summed E-state index contributed by atoms with van der Waals surface area (Å²) in [6.07, 6.45) is 4.12. The Bertz CT molecular complexity index is 619. The first-order chi connectivity index (χ1) is 10.1.